The molecule has 2 rings (SSSR count). The Bertz CT molecular complexity index is 660. The summed E-state index contributed by atoms with van der Waals surface area (Å²) in [5, 5.41) is 34.1. The van der Waals surface area contributed by atoms with E-state index < -0.39 is 18.3 Å². The quantitative estimate of drug-likeness (QED) is 0.294. The predicted octanol–water partition coefficient (Wildman–Crippen LogP) is 2.80. The van der Waals surface area contributed by atoms with Gasteiger partial charge < -0.3 is 25.4 Å². The van der Waals surface area contributed by atoms with Gasteiger partial charge in [-0.15, -0.1) is 0 Å². The molecule has 5 heteroatoms. The zero-order valence-electron chi connectivity index (χ0n) is 17.9. The third kappa shape index (κ3) is 8.15. The van der Waals surface area contributed by atoms with E-state index in [1.807, 2.05) is 55.5 Å². The Morgan fingerprint density at radius 2 is 1.90 bits per heavy atom. The molecule has 1 aliphatic rings. The van der Waals surface area contributed by atoms with Crippen molar-refractivity contribution in [2.45, 2.75) is 69.8 Å². The molecule has 1 aromatic carbocycles. The van der Waals surface area contributed by atoms with Crippen LogP contribution >= 0.6 is 0 Å². The number of aldehydes is 1. The Morgan fingerprint density at radius 1 is 1.13 bits per heavy atom. The topological polar surface area (TPSA) is 89.8 Å². The van der Waals surface area contributed by atoms with Gasteiger partial charge in [-0.1, -0.05) is 61.6 Å². The van der Waals surface area contributed by atoms with E-state index in [-0.39, 0.29) is 17.9 Å². The monoisotopic (exact) mass is 415 g/mol. The summed E-state index contributed by atoms with van der Waals surface area (Å²) in [5.41, 5.74) is 1.19. The first-order valence-corrected chi connectivity index (χ1v) is 11.1. The van der Waals surface area contributed by atoms with Gasteiger partial charge in [-0.05, 0) is 50.1 Å². The lowest BCUT2D eigenvalue weighted by molar-refractivity contribution is -0.109. The standard InChI is InChI=1S/C25H37NO4/c1-2-26-20(18-27)11-7-4-8-12-22-23(25(30)17-24(22)29)16-15-21(28)14-13-19-9-5-3-6-10-19/h3-6,8-10,15-16,18,20-26,28-30H,2,7,11-14,17H2,1H3/b8-4-,16-15+/t20?,21-,22+,23+,24-,25+/m0/s1. The first-order valence-electron chi connectivity index (χ1n) is 11.1. The minimum Gasteiger partial charge on any atom is -0.393 e. The molecule has 4 N–H and O–H groups in total. The van der Waals surface area contributed by atoms with E-state index in [9.17, 15) is 20.1 Å². The number of aliphatic hydroxyl groups excluding tert-OH is 3. The summed E-state index contributed by atoms with van der Waals surface area (Å²) in [6.45, 7) is 2.75. The van der Waals surface area contributed by atoms with Gasteiger partial charge in [-0.2, -0.15) is 0 Å². The average Bonchev–Trinajstić information content (AvgIpc) is 3.02. The largest absolute Gasteiger partial charge is 0.393 e. The Morgan fingerprint density at radius 3 is 2.60 bits per heavy atom. The van der Waals surface area contributed by atoms with Crippen LogP contribution in [0.15, 0.2) is 54.6 Å². The fourth-order valence-electron chi connectivity index (χ4n) is 4.15. The summed E-state index contributed by atoms with van der Waals surface area (Å²) >= 11 is 0. The molecule has 5 nitrogen and oxygen atoms in total. The molecule has 1 aliphatic carbocycles. The molecule has 1 fully saturated rings. The molecule has 30 heavy (non-hydrogen) atoms. The number of allylic oxidation sites excluding steroid dienone is 2. The molecule has 6 atom stereocenters. The van der Waals surface area contributed by atoms with Crippen LogP contribution in [-0.4, -0.2) is 52.5 Å². The second-order valence-corrected chi connectivity index (χ2v) is 8.17. The Kier molecular flexibility index (Phi) is 11.0. The van der Waals surface area contributed by atoms with Gasteiger partial charge in [0.1, 0.15) is 6.29 Å². The van der Waals surface area contributed by atoms with E-state index in [0.29, 0.717) is 19.3 Å². The molecule has 1 saturated carbocycles. The summed E-state index contributed by atoms with van der Waals surface area (Å²) < 4.78 is 0. The Balaban J connectivity index is 1.82. The summed E-state index contributed by atoms with van der Waals surface area (Å²) in [7, 11) is 0. The van der Waals surface area contributed by atoms with Gasteiger partial charge in [0.2, 0.25) is 0 Å². The summed E-state index contributed by atoms with van der Waals surface area (Å²) in [6, 6.07) is 9.93. The van der Waals surface area contributed by atoms with Crippen LogP contribution in [0.4, 0.5) is 0 Å². The van der Waals surface area contributed by atoms with Gasteiger partial charge in [0.15, 0.2) is 0 Å². The number of likely N-dealkylation sites (N-methyl/N-ethyl adjacent to an activating group) is 1. The van der Waals surface area contributed by atoms with E-state index in [1.165, 1.54) is 5.56 Å². The highest BCUT2D eigenvalue weighted by molar-refractivity contribution is 5.57. The van der Waals surface area contributed by atoms with Crippen LogP contribution in [0.25, 0.3) is 0 Å². The van der Waals surface area contributed by atoms with E-state index in [0.717, 1.165) is 32.1 Å². The molecule has 166 valence electrons. The molecule has 0 radical (unpaired) electrons. The molecule has 0 heterocycles. The number of nitrogens with one attached hydrogen (secondary N) is 1. The number of rotatable bonds is 13. The third-order valence-electron chi connectivity index (χ3n) is 5.89. The first-order chi connectivity index (χ1) is 14.5. The van der Waals surface area contributed by atoms with Crippen LogP contribution in [0, 0.1) is 11.8 Å². The van der Waals surface area contributed by atoms with Crippen molar-refractivity contribution >= 4 is 6.29 Å². The van der Waals surface area contributed by atoms with Gasteiger partial charge in [0, 0.05) is 12.3 Å². The zero-order chi connectivity index (χ0) is 21.8. The van der Waals surface area contributed by atoms with E-state index in [4.69, 9.17) is 0 Å². The minimum absolute atomic E-state index is 0.0653. The second kappa shape index (κ2) is 13.5. The average molecular weight is 416 g/mol. The van der Waals surface area contributed by atoms with Crippen molar-refractivity contribution in [3.05, 3.63) is 60.2 Å². The fourth-order valence-corrected chi connectivity index (χ4v) is 4.15. The van der Waals surface area contributed by atoms with Crippen molar-refractivity contribution in [2.24, 2.45) is 11.8 Å². The number of benzene rings is 1. The van der Waals surface area contributed by atoms with Crippen LogP contribution in [-0.2, 0) is 11.2 Å². The molecular weight excluding hydrogens is 378 g/mol. The molecule has 0 saturated heterocycles. The number of carbonyl (C=O) groups excluding carboxylic acids is 1. The van der Waals surface area contributed by atoms with Crippen molar-refractivity contribution in [2.75, 3.05) is 6.54 Å². The molecule has 0 amide bonds. The van der Waals surface area contributed by atoms with Crippen molar-refractivity contribution in [3.8, 4) is 0 Å². The van der Waals surface area contributed by atoms with Crippen LogP contribution in [0.2, 0.25) is 0 Å². The zero-order valence-corrected chi connectivity index (χ0v) is 17.9. The number of aryl methyl sites for hydroxylation is 1. The van der Waals surface area contributed by atoms with Gasteiger partial charge in [-0.25, -0.2) is 0 Å². The summed E-state index contributed by atoms with van der Waals surface area (Å²) in [4.78, 5) is 11.0. The summed E-state index contributed by atoms with van der Waals surface area (Å²) in [6.07, 6.45) is 10.9. The minimum atomic E-state index is -0.593. The molecule has 1 aromatic rings. The maximum Gasteiger partial charge on any atom is 0.136 e. The van der Waals surface area contributed by atoms with Crippen molar-refractivity contribution in [1.82, 2.24) is 5.32 Å². The predicted molar refractivity (Wildman–Crippen MR) is 120 cm³/mol. The van der Waals surface area contributed by atoms with Gasteiger partial charge in [0.25, 0.3) is 0 Å². The lowest BCUT2D eigenvalue weighted by Crippen LogP contribution is -2.29. The van der Waals surface area contributed by atoms with E-state index >= 15 is 0 Å². The highest BCUT2D eigenvalue weighted by atomic mass is 16.3. The van der Waals surface area contributed by atoms with E-state index in [2.05, 4.69) is 5.32 Å². The number of aliphatic hydroxyl groups is 3. The molecule has 0 bridgehead atoms. The van der Waals surface area contributed by atoms with Gasteiger partial charge >= 0.3 is 0 Å². The third-order valence-corrected chi connectivity index (χ3v) is 5.89. The maximum absolute atomic E-state index is 11.0. The van der Waals surface area contributed by atoms with Crippen molar-refractivity contribution in [1.29, 1.82) is 0 Å². The van der Waals surface area contributed by atoms with Crippen LogP contribution in [0.5, 0.6) is 0 Å². The van der Waals surface area contributed by atoms with E-state index in [1.54, 1.807) is 6.08 Å². The van der Waals surface area contributed by atoms with Crippen molar-refractivity contribution < 1.29 is 20.1 Å². The molecular formula is C25H37NO4. The van der Waals surface area contributed by atoms with Gasteiger partial charge in [0.05, 0.1) is 24.4 Å². The van der Waals surface area contributed by atoms with Crippen molar-refractivity contribution in [3.63, 3.8) is 0 Å². The lowest BCUT2D eigenvalue weighted by Gasteiger charge is -2.19. The lowest BCUT2D eigenvalue weighted by atomic mass is 9.89. The summed E-state index contributed by atoms with van der Waals surface area (Å²) in [5.74, 6) is -0.232. The number of hydrogen-bond acceptors (Lipinski definition) is 5. The molecule has 0 spiro atoms. The molecule has 0 aromatic heterocycles. The van der Waals surface area contributed by atoms with Crippen LogP contribution < -0.4 is 5.32 Å². The molecule has 1 unspecified atom stereocenters. The second-order valence-electron chi connectivity index (χ2n) is 8.17. The van der Waals surface area contributed by atoms with Crippen LogP contribution in [0.1, 0.15) is 44.6 Å². The maximum atomic E-state index is 11.0. The first kappa shape index (κ1) is 24.5. The number of carbonyl (C=O) groups is 1. The van der Waals surface area contributed by atoms with Crippen LogP contribution in [0.3, 0.4) is 0 Å². The Hall–Kier alpha value is -1.79. The smallest absolute Gasteiger partial charge is 0.136 e. The number of hydrogen-bond donors (Lipinski definition) is 4. The fraction of sp³-hybridized carbons (Fsp3) is 0.560. The highest BCUT2D eigenvalue weighted by Gasteiger charge is 2.39. The normalized spacial score (nSPS) is 26.4. The SMILES string of the molecule is CCNC(C=O)CC/C=C\C[C@@H]1[C@@H](/C=C/[C@@H](O)CCc2ccccc2)[C@H](O)C[C@@H]1O. The highest BCUT2D eigenvalue weighted by Crippen LogP contribution is 2.36. The van der Waals surface area contributed by atoms with Gasteiger partial charge in [-0.3, -0.25) is 0 Å². The molecule has 0 aliphatic heterocycles. The Labute approximate surface area is 180 Å².